The lowest BCUT2D eigenvalue weighted by molar-refractivity contribution is -0.137. The Hall–Kier alpha value is -1.67. The minimum Gasteiger partial charge on any atom is -0.274 e. The number of hydrogen-bond donors (Lipinski definition) is 1. The molecule has 0 radical (unpaired) electrons. The van der Waals surface area contributed by atoms with Crippen LogP contribution in [0.15, 0.2) is 18.2 Å². The molecule has 114 valence electrons. The lowest BCUT2D eigenvalue weighted by Crippen LogP contribution is -2.23. The summed E-state index contributed by atoms with van der Waals surface area (Å²) in [5, 5.41) is 0.621. The van der Waals surface area contributed by atoms with Crippen molar-refractivity contribution in [2.45, 2.75) is 25.9 Å². The number of aromatic nitrogens is 1. The Morgan fingerprint density at radius 1 is 1.43 bits per heavy atom. The first-order valence-electron chi connectivity index (χ1n) is 6.27. The number of nitrogens with one attached hydrogen (secondary N) is 1. The zero-order valence-electron chi connectivity index (χ0n) is 11.2. The van der Waals surface area contributed by atoms with Crippen LogP contribution in [0.2, 0.25) is 0 Å². The molecule has 0 unspecified atom stereocenters. The summed E-state index contributed by atoms with van der Waals surface area (Å²) < 4.78 is 38.5. The lowest BCUT2D eigenvalue weighted by atomic mass is 10.2. The molecule has 2 rings (SSSR count). The van der Waals surface area contributed by atoms with E-state index in [2.05, 4.69) is 10.5 Å². The molecule has 4 nitrogen and oxygen atoms in total. The summed E-state index contributed by atoms with van der Waals surface area (Å²) in [7, 11) is 0. The van der Waals surface area contributed by atoms with Gasteiger partial charge in [0.25, 0.3) is 0 Å². The Balaban J connectivity index is 2.07. The van der Waals surface area contributed by atoms with Crippen molar-refractivity contribution in [3.05, 3.63) is 28.8 Å². The van der Waals surface area contributed by atoms with Crippen molar-refractivity contribution >= 4 is 27.5 Å². The normalized spacial score (nSPS) is 11.8. The summed E-state index contributed by atoms with van der Waals surface area (Å²) in [6, 6.07) is 3.46. The number of fused-ring (bicyclic) bond motifs is 1. The maximum Gasteiger partial charge on any atom is 0.416 e. The summed E-state index contributed by atoms with van der Waals surface area (Å²) in [5.41, 5.74) is 1.83. The average molecular weight is 318 g/mol. The molecule has 0 aliphatic rings. The van der Waals surface area contributed by atoms with Gasteiger partial charge in [0.2, 0.25) is 5.91 Å². The van der Waals surface area contributed by atoms with Gasteiger partial charge in [-0.25, -0.2) is 10.5 Å². The van der Waals surface area contributed by atoms with Gasteiger partial charge in [-0.15, -0.1) is 11.3 Å². The van der Waals surface area contributed by atoms with Gasteiger partial charge >= 0.3 is 6.18 Å². The van der Waals surface area contributed by atoms with Crippen molar-refractivity contribution in [1.29, 1.82) is 0 Å². The number of carbonyl (C=O) groups excluding carboxylic acids is 1. The highest BCUT2D eigenvalue weighted by atomic mass is 32.1. The Morgan fingerprint density at radius 3 is 2.86 bits per heavy atom. The third-order valence-electron chi connectivity index (χ3n) is 2.66. The molecule has 1 heterocycles. The van der Waals surface area contributed by atoms with Crippen molar-refractivity contribution in [2.24, 2.45) is 0 Å². The van der Waals surface area contributed by atoms with Crippen LogP contribution in [-0.2, 0) is 22.2 Å². The molecule has 0 fully saturated rings. The number of carbonyl (C=O) groups is 1. The van der Waals surface area contributed by atoms with E-state index in [-0.39, 0.29) is 12.3 Å². The zero-order chi connectivity index (χ0) is 15.5. The SMILES string of the molecule is CCONC(=O)CCc1nc2cc(C(F)(F)F)ccc2s1. The highest BCUT2D eigenvalue weighted by molar-refractivity contribution is 7.18. The largest absolute Gasteiger partial charge is 0.416 e. The van der Waals surface area contributed by atoms with E-state index in [1.807, 2.05) is 0 Å². The van der Waals surface area contributed by atoms with Crippen LogP contribution in [0.3, 0.4) is 0 Å². The minimum absolute atomic E-state index is 0.173. The average Bonchev–Trinajstić information content (AvgIpc) is 2.83. The standard InChI is InChI=1S/C13H13F3N2O2S/c1-2-20-18-11(19)5-6-12-17-9-7-8(13(14,15)16)3-4-10(9)21-12/h3-4,7H,2,5-6H2,1H3,(H,18,19). The Morgan fingerprint density at radius 2 is 2.19 bits per heavy atom. The molecule has 21 heavy (non-hydrogen) atoms. The van der Waals surface area contributed by atoms with E-state index in [4.69, 9.17) is 4.84 Å². The van der Waals surface area contributed by atoms with Crippen molar-refractivity contribution in [1.82, 2.24) is 10.5 Å². The predicted octanol–water partition coefficient (Wildman–Crippen LogP) is 3.32. The smallest absolute Gasteiger partial charge is 0.274 e. The quantitative estimate of drug-likeness (QED) is 0.861. The number of benzene rings is 1. The van der Waals surface area contributed by atoms with Crippen LogP contribution in [-0.4, -0.2) is 17.5 Å². The molecule has 0 saturated carbocycles. The van der Waals surface area contributed by atoms with Crippen LogP contribution in [0, 0.1) is 0 Å². The van der Waals surface area contributed by atoms with Crippen molar-refractivity contribution in [2.75, 3.05) is 6.61 Å². The van der Waals surface area contributed by atoms with E-state index >= 15 is 0 Å². The number of nitrogens with zero attached hydrogens (tertiary/aromatic N) is 1. The van der Waals surface area contributed by atoms with Gasteiger partial charge in [0.1, 0.15) is 0 Å². The molecule has 1 N–H and O–H groups in total. The molecule has 0 aliphatic carbocycles. The lowest BCUT2D eigenvalue weighted by Gasteiger charge is -2.04. The van der Waals surface area contributed by atoms with Gasteiger partial charge in [-0.3, -0.25) is 9.63 Å². The van der Waals surface area contributed by atoms with E-state index in [1.54, 1.807) is 6.92 Å². The number of amides is 1. The number of hydroxylamine groups is 1. The third kappa shape index (κ3) is 4.15. The molecule has 0 saturated heterocycles. The fourth-order valence-corrected chi connectivity index (χ4v) is 2.63. The summed E-state index contributed by atoms with van der Waals surface area (Å²) in [4.78, 5) is 20.3. The van der Waals surface area contributed by atoms with Crippen LogP contribution in [0.5, 0.6) is 0 Å². The molecular weight excluding hydrogens is 305 g/mol. The molecule has 0 spiro atoms. The molecule has 1 aromatic carbocycles. The van der Waals surface area contributed by atoms with Crippen LogP contribution >= 0.6 is 11.3 Å². The van der Waals surface area contributed by atoms with Crippen LogP contribution < -0.4 is 5.48 Å². The van der Waals surface area contributed by atoms with Gasteiger partial charge < -0.3 is 0 Å². The number of thiazole rings is 1. The summed E-state index contributed by atoms with van der Waals surface area (Å²) >= 11 is 1.28. The zero-order valence-corrected chi connectivity index (χ0v) is 12.0. The number of halogens is 3. The fourth-order valence-electron chi connectivity index (χ4n) is 1.68. The van der Waals surface area contributed by atoms with Gasteiger partial charge in [-0.05, 0) is 25.1 Å². The second-order valence-electron chi connectivity index (χ2n) is 4.25. The number of aryl methyl sites for hydroxylation is 1. The van der Waals surface area contributed by atoms with E-state index in [1.165, 1.54) is 17.4 Å². The predicted molar refractivity (Wildman–Crippen MR) is 72.7 cm³/mol. The molecule has 8 heteroatoms. The topological polar surface area (TPSA) is 51.2 Å². The molecular formula is C13H13F3N2O2S. The van der Waals surface area contributed by atoms with E-state index in [9.17, 15) is 18.0 Å². The maximum atomic E-state index is 12.6. The molecule has 1 aromatic heterocycles. The van der Waals surface area contributed by atoms with Crippen LogP contribution in [0.4, 0.5) is 13.2 Å². The van der Waals surface area contributed by atoms with Gasteiger partial charge in [0.05, 0.1) is 27.4 Å². The number of alkyl halides is 3. The fraction of sp³-hybridized carbons (Fsp3) is 0.385. The van der Waals surface area contributed by atoms with Gasteiger partial charge in [-0.2, -0.15) is 13.2 Å². The Labute approximate surface area is 122 Å². The van der Waals surface area contributed by atoms with Gasteiger partial charge in [0.15, 0.2) is 0 Å². The first kappa shape index (κ1) is 15.7. The van der Waals surface area contributed by atoms with Gasteiger partial charge in [0, 0.05) is 12.8 Å². The van der Waals surface area contributed by atoms with Crippen molar-refractivity contribution in [3.63, 3.8) is 0 Å². The summed E-state index contributed by atoms with van der Waals surface area (Å²) in [5.74, 6) is -0.285. The highest BCUT2D eigenvalue weighted by Gasteiger charge is 2.30. The number of rotatable bonds is 5. The monoisotopic (exact) mass is 318 g/mol. The molecule has 0 bridgehead atoms. The van der Waals surface area contributed by atoms with Crippen molar-refractivity contribution in [3.8, 4) is 0 Å². The Bertz CT molecular complexity index is 640. The third-order valence-corrected chi connectivity index (χ3v) is 3.75. The van der Waals surface area contributed by atoms with Crippen LogP contribution in [0.1, 0.15) is 23.9 Å². The van der Waals surface area contributed by atoms with Gasteiger partial charge in [-0.1, -0.05) is 0 Å². The first-order valence-corrected chi connectivity index (χ1v) is 7.09. The first-order chi connectivity index (χ1) is 9.90. The molecule has 0 aliphatic heterocycles. The summed E-state index contributed by atoms with van der Waals surface area (Å²) in [6.07, 6.45) is -3.85. The second-order valence-corrected chi connectivity index (χ2v) is 5.36. The second kappa shape index (κ2) is 6.40. The molecule has 0 atom stereocenters. The highest BCUT2D eigenvalue weighted by Crippen LogP contribution is 2.33. The summed E-state index contributed by atoms with van der Waals surface area (Å²) in [6.45, 7) is 2.11. The maximum absolute atomic E-state index is 12.6. The van der Waals surface area contributed by atoms with Crippen LogP contribution in [0.25, 0.3) is 10.2 Å². The number of hydrogen-bond acceptors (Lipinski definition) is 4. The molecule has 1 amide bonds. The van der Waals surface area contributed by atoms with E-state index in [0.29, 0.717) is 28.3 Å². The minimum atomic E-state index is -4.38. The Kier molecular flexibility index (Phi) is 4.79. The molecule has 2 aromatic rings. The van der Waals surface area contributed by atoms with E-state index in [0.717, 1.165) is 12.1 Å². The van der Waals surface area contributed by atoms with E-state index < -0.39 is 11.7 Å². The van der Waals surface area contributed by atoms with Crippen molar-refractivity contribution < 1.29 is 22.8 Å².